The number of benzene rings is 2. The molecule has 0 aliphatic carbocycles. The number of hydrogen-bond donors (Lipinski definition) is 0. The van der Waals surface area contributed by atoms with E-state index in [1.807, 2.05) is 47.0 Å². The topological polar surface area (TPSA) is 107 Å². The van der Waals surface area contributed by atoms with Crippen LogP contribution in [0.5, 0.6) is 0 Å². The number of carbonyl (C=O) groups is 1. The van der Waals surface area contributed by atoms with Crippen molar-refractivity contribution in [2.24, 2.45) is 5.41 Å². The van der Waals surface area contributed by atoms with Gasteiger partial charge in [-0.15, -0.1) is 0 Å². The Morgan fingerprint density at radius 3 is 2.40 bits per heavy atom. The molecule has 0 bridgehead atoms. The fourth-order valence-electron chi connectivity index (χ4n) is 8.53. The second-order valence-electron chi connectivity index (χ2n) is 16.3. The lowest BCUT2D eigenvalue weighted by Crippen LogP contribution is -2.41. The maximum absolute atomic E-state index is 14.8. The Kier molecular flexibility index (Phi) is 9.27. The molecule has 9 rings (SSSR count). The zero-order valence-electron chi connectivity index (χ0n) is 32.2. The molecule has 2 aliphatic heterocycles. The van der Waals surface area contributed by atoms with E-state index in [4.69, 9.17) is 9.97 Å². The number of pyridine rings is 2. The Hall–Kier alpha value is -6.08. The van der Waals surface area contributed by atoms with Crippen LogP contribution in [0, 0.1) is 17.0 Å². The first-order chi connectivity index (χ1) is 27.5. The number of carbonyl (C=O) groups excluding carboxylic acids is 1. The third-order valence-electron chi connectivity index (χ3n) is 11.1. The molecular weight excluding hydrogens is 725 g/mol. The summed E-state index contributed by atoms with van der Waals surface area (Å²) in [7, 11) is 0. The number of hydrogen-bond acceptors (Lipinski definition) is 7. The van der Waals surface area contributed by atoms with Crippen LogP contribution in [0.3, 0.4) is 0 Å². The van der Waals surface area contributed by atoms with E-state index in [2.05, 4.69) is 35.6 Å². The van der Waals surface area contributed by atoms with Gasteiger partial charge in [0, 0.05) is 66.7 Å². The van der Waals surface area contributed by atoms with E-state index in [9.17, 15) is 18.4 Å². The number of rotatable bonds is 7. The molecule has 1 amide bonds. The third kappa shape index (κ3) is 6.90. The largest absolute Gasteiger partial charge is 0.336 e. The second-order valence-corrected chi connectivity index (χ2v) is 16.3. The van der Waals surface area contributed by atoms with Crippen LogP contribution >= 0.6 is 0 Å². The second kappa shape index (κ2) is 14.5. The molecule has 0 saturated carbocycles. The van der Waals surface area contributed by atoms with Crippen LogP contribution < -0.4 is 5.69 Å². The molecule has 7 heterocycles. The van der Waals surface area contributed by atoms with E-state index in [-0.39, 0.29) is 41.8 Å². The highest BCUT2D eigenvalue weighted by Crippen LogP contribution is 2.32. The Morgan fingerprint density at radius 2 is 1.67 bits per heavy atom. The summed E-state index contributed by atoms with van der Waals surface area (Å²) in [5.41, 5.74) is 6.10. The first-order valence-corrected chi connectivity index (χ1v) is 19.4. The number of imidazole rings is 1. The van der Waals surface area contributed by atoms with Crippen LogP contribution in [-0.4, -0.2) is 75.5 Å². The first kappa shape index (κ1) is 36.6. The maximum atomic E-state index is 14.8. The number of likely N-dealkylation sites (tertiary alicyclic amines) is 1. The lowest BCUT2D eigenvalue weighted by molar-refractivity contribution is 0.0724. The highest BCUT2D eigenvalue weighted by atomic mass is 19.1. The van der Waals surface area contributed by atoms with Crippen LogP contribution in [-0.2, 0) is 19.5 Å². The molecular formula is C44H43F2N9O2. The predicted molar refractivity (Wildman–Crippen MR) is 214 cm³/mol. The fraction of sp³-hybridized carbons (Fsp3) is 0.318. The Balaban J connectivity index is 1.02. The van der Waals surface area contributed by atoms with Gasteiger partial charge in [-0.3, -0.25) is 9.36 Å². The van der Waals surface area contributed by atoms with Crippen LogP contribution in [0.2, 0.25) is 0 Å². The van der Waals surface area contributed by atoms with E-state index in [0.29, 0.717) is 46.9 Å². The van der Waals surface area contributed by atoms with Crippen molar-refractivity contribution in [1.29, 1.82) is 0 Å². The van der Waals surface area contributed by atoms with Gasteiger partial charge >= 0.3 is 5.69 Å². The Morgan fingerprint density at radius 1 is 0.860 bits per heavy atom. The summed E-state index contributed by atoms with van der Waals surface area (Å²) in [5, 5.41) is 0.948. The van der Waals surface area contributed by atoms with Crippen molar-refractivity contribution in [3.05, 3.63) is 136 Å². The molecule has 13 heteroatoms. The molecule has 0 N–H and O–H groups in total. The average Bonchev–Trinajstić information content (AvgIpc) is 3.68. The molecule has 5 aromatic heterocycles. The lowest BCUT2D eigenvalue weighted by Gasteiger charge is -2.36. The van der Waals surface area contributed by atoms with Gasteiger partial charge in [-0.05, 0) is 60.6 Å². The summed E-state index contributed by atoms with van der Waals surface area (Å²) in [5.74, 6) is -1.55. The summed E-state index contributed by atoms with van der Waals surface area (Å²) < 4.78 is 33.8. The van der Waals surface area contributed by atoms with Crippen molar-refractivity contribution >= 4 is 28.2 Å². The molecule has 0 unspecified atom stereocenters. The summed E-state index contributed by atoms with van der Waals surface area (Å²) in [6.45, 7) is 10.3. The SMILES string of the molecule is CC(C)(C)CN1CCC(n2c(=O)n(-c3ccc(C(=O)N4CCc5c(n(Cc6ccc(F)cc6F)c6ncccc56)C4)nc3)c3ncc(-c4ccccc4)nc32)CC1. The highest BCUT2D eigenvalue weighted by molar-refractivity contribution is 5.93. The van der Waals surface area contributed by atoms with Crippen molar-refractivity contribution in [1.82, 2.24) is 43.4 Å². The molecule has 2 aromatic carbocycles. The number of amides is 1. The smallest absolute Gasteiger partial charge is 0.331 e. The van der Waals surface area contributed by atoms with Gasteiger partial charge in [-0.2, -0.15) is 0 Å². The maximum Gasteiger partial charge on any atom is 0.336 e. The zero-order valence-corrected chi connectivity index (χ0v) is 32.2. The Labute approximate surface area is 328 Å². The number of halogens is 2. The Bertz CT molecular complexity index is 2690. The van der Waals surface area contributed by atoms with Crippen LogP contribution in [0.4, 0.5) is 8.78 Å². The van der Waals surface area contributed by atoms with Gasteiger partial charge in [0.05, 0.1) is 36.9 Å². The van der Waals surface area contributed by atoms with E-state index in [1.54, 1.807) is 44.8 Å². The van der Waals surface area contributed by atoms with Gasteiger partial charge < -0.3 is 14.4 Å². The summed E-state index contributed by atoms with van der Waals surface area (Å²) in [6.07, 6.45) is 7.12. The molecule has 2 aliphatic rings. The van der Waals surface area contributed by atoms with Crippen molar-refractivity contribution in [3.8, 4) is 16.9 Å². The summed E-state index contributed by atoms with van der Waals surface area (Å²) >= 11 is 0. The van der Waals surface area contributed by atoms with Crippen molar-refractivity contribution in [2.75, 3.05) is 26.2 Å². The van der Waals surface area contributed by atoms with E-state index in [0.717, 1.165) is 60.7 Å². The fourth-order valence-corrected chi connectivity index (χ4v) is 8.53. The molecule has 11 nitrogen and oxygen atoms in total. The number of aromatic nitrogens is 7. The van der Waals surface area contributed by atoms with Crippen molar-refractivity contribution in [3.63, 3.8) is 0 Å². The number of piperidine rings is 1. The van der Waals surface area contributed by atoms with Crippen LogP contribution in [0.15, 0.2) is 96.2 Å². The third-order valence-corrected chi connectivity index (χ3v) is 11.1. The molecule has 0 atom stereocenters. The molecule has 290 valence electrons. The molecule has 7 aromatic rings. The van der Waals surface area contributed by atoms with Gasteiger partial charge in [0.25, 0.3) is 5.91 Å². The van der Waals surface area contributed by atoms with E-state index >= 15 is 0 Å². The summed E-state index contributed by atoms with van der Waals surface area (Å²) in [4.78, 5) is 51.8. The minimum atomic E-state index is -0.642. The van der Waals surface area contributed by atoms with E-state index < -0.39 is 11.6 Å². The number of nitrogens with zero attached hydrogens (tertiary/aromatic N) is 9. The first-order valence-electron chi connectivity index (χ1n) is 19.4. The van der Waals surface area contributed by atoms with Gasteiger partial charge in [0.15, 0.2) is 11.3 Å². The van der Waals surface area contributed by atoms with Gasteiger partial charge in [-0.25, -0.2) is 38.1 Å². The van der Waals surface area contributed by atoms with E-state index in [1.165, 1.54) is 12.1 Å². The monoisotopic (exact) mass is 767 g/mol. The quantitative estimate of drug-likeness (QED) is 0.169. The van der Waals surface area contributed by atoms with Gasteiger partial charge in [0.2, 0.25) is 0 Å². The lowest BCUT2D eigenvalue weighted by atomic mass is 9.94. The molecule has 1 fully saturated rings. The minimum Gasteiger partial charge on any atom is -0.331 e. The standard InChI is InChI=1S/C44H43F2N9O2/c1-44(2,3)27-51-19-15-31(16-20-51)54-41-40(49-24-37(50-41)28-8-5-4-6-9-28)55(43(54)57)32-13-14-36(48-23-32)42(56)52-21-17-33-34-10-7-18-47-39(34)53(38(33)26-52)25-29-11-12-30(45)22-35(29)46/h4-14,18,22-24,31H,15-17,19-21,25-27H2,1-3H3. The predicted octanol–water partition coefficient (Wildman–Crippen LogP) is 7.20. The highest BCUT2D eigenvalue weighted by Gasteiger charge is 2.31. The van der Waals surface area contributed by atoms with Gasteiger partial charge in [0.1, 0.15) is 23.0 Å². The molecule has 0 radical (unpaired) electrons. The molecule has 57 heavy (non-hydrogen) atoms. The molecule has 1 saturated heterocycles. The zero-order chi connectivity index (χ0) is 39.4. The van der Waals surface area contributed by atoms with Crippen LogP contribution in [0.25, 0.3) is 39.3 Å². The van der Waals surface area contributed by atoms with Crippen molar-refractivity contribution < 1.29 is 13.6 Å². The normalized spacial score (nSPS) is 15.4. The minimum absolute atomic E-state index is 0.0547. The van der Waals surface area contributed by atoms with Crippen molar-refractivity contribution in [2.45, 2.75) is 59.2 Å². The summed E-state index contributed by atoms with van der Waals surface area (Å²) in [6, 6.07) is 20.5. The molecule has 0 spiro atoms. The van der Waals surface area contributed by atoms with Gasteiger partial charge in [-0.1, -0.05) is 57.2 Å². The van der Waals surface area contributed by atoms with Crippen LogP contribution in [0.1, 0.15) is 67.0 Å². The average molecular weight is 768 g/mol. The number of fused-ring (bicyclic) bond motifs is 4.